The lowest BCUT2D eigenvalue weighted by molar-refractivity contribution is 0.485. The summed E-state index contributed by atoms with van der Waals surface area (Å²) in [7, 11) is -7.35. The van der Waals surface area contributed by atoms with E-state index in [9.17, 15) is 16.8 Å². The third-order valence-corrected chi connectivity index (χ3v) is 6.21. The summed E-state index contributed by atoms with van der Waals surface area (Å²) in [5.74, 6) is 0.276. The van der Waals surface area contributed by atoms with Gasteiger partial charge in [-0.25, -0.2) is 8.42 Å². The van der Waals surface area contributed by atoms with Crippen molar-refractivity contribution in [3.8, 4) is 5.75 Å². The first kappa shape index (κ1) is 16.0. The Morgan fingerprint density at radius 3 is 2.09 bits per heavy atom. The number of sulfone groups is 1. The maximum absolute atomic E-state index is 12.3. The smallest absolute Gasteiger partial charge is 0.339 e. The molecule has 0 aliphatic heterocycles. The van der Waals surface area contributed by atoms with Crippen molar-refractivity contribution in [3.63, 3.8) is 0 Å². The van der Waals surface area contributed by atoms with E-state index in [0.29, 0.717) is 0 Å². The SMILES string of the molecule is CS(=O)(=O)c1ccc(S(=O)(=O)Oc2ccc3c(c2)CCC3)cc1. The van der Waals surface area contributed by atoms with Crippen LogP contribution in [0.3, 0.4) is 0 Å². The molecule has 0 saturated carbocycles. The fraction of sp³-hybridized carbons (Fsp3) is 0.250. The van der Waals surface area contributed by atoms with Gasteiger partial charge in [0, 0.05) is 6.26 Å². The molecule has 0 saturated heterocycles. The molecule has 1 aliphatic rings. The average molecular weight is 352 g/mol. The molecule has 0 radical (unpaired) electrons. The van der Waals surface area contributed by atoms with Gasteiger partial charge in [0.2, 0.25) is 0 Å². The molecule has 0 fully saturated rings. The molecular formula is C16H16O5S2. The Hall–Kier alpha value is -1.86. The van der Waals surface area contributed by atoms with Crippen molar-refractivity contribution in [1.29, 1.82) is 0 Å². The predicted octanol–water partition coefficient (Wildman–Crippen LogP) is 2.35. The number of aryl methyl sites for hydroxylation is 2. The summed E-state index contributed by atoms with van der Waals surface area (Å²) < 4.78 is 52.6. The third-order valence-electron chi connectivity index (χ3n) is 3.82. The van der Waals surface area contributed by atoms with Crippen molar-refractivity contribution in [1.82, 2.24) is 0 Å². The molecule has 1 aliphatic carbocycles. The fourth-order valence-corrected chi connectivity index (χ4v) is 4.18. The quantitative estimate of drug-likeness (QED) is 0.789. The van der Waals surface area contributed by atoms with Gasteiger partial charge >= 0.3 is 10.1 Å². The molecule has 2 aromatic carbocycles. The maximum atomic E-state index is 12.3. The van der Waals surface area contributed by atoms with Crippen LogP contribution in [0.15, 0.2) is 52.3 Å². The lowest BCUT2D eigenvalue weighted by atomic mass is 10.1. The van der Waals surface area contributed by atoms with Gasteiger partial charge in [0.15, 0.2) is 9.84 Å². The summed E-state index contributed by atoms with van der Waals surface area (Å²) >= 11 is 0. The van der Waals surface area contributed by atoms with E-state index in [1.54, 1.807) is 12.1 Å². The molecule has 3 rings (SSSR count). The van der Waals surface area contributed by atoms with E-state index in [4.69, 9.17) is 4.18 Å². The van der Waals surface area contributed by atoms with E-state index in [1.807, 2.05) is 6.07 Å². The van der Waals surface area contributed by atoms with E-state index < -0.39 is 20.0 Å². The molecule has 2 aromatic rings. The highest BCUT2D eigenvalue weighted by molar-refractivity contribution is 7.90. The predicted molar refractivity (Wildman–Crippen MR) is 85.8 cm³/mol. The Kier molecular flexibility index (Phi) is 3.93. The van der Waals surface area contributed by atoms with Crippen LogP contribution in [0.5, 0.6) is 5.75 Å². The van der Waals surface area contributed by atoms with Crippen molar-refractivity contribution >= 4 is 20.0 Å². The summed E-state index contributed by atoms with van der Waals surface area (Å²) in [4.78, 5) is -0.0145. The van der Waals surface area contributed by atoms with Crippen LogP contribution in [-0.2, 0) is 32.8 Å². The van der Waals surface area contributed by atoms with Crippen LogP contribution in [0.1, 0.15) is 17.5 Å². The van der Waals surface area contributed by atoms with Crippen molar-refractivity contribution in [2.24, 2.45) is 0 Å². The monoisotopic (exact) mass is 352 g/mol. The van der Waals surface area contributed by atoms with Gasteiger partial charge in [-0.1, -0.05) is 6.07 Å². The number of rotatable bonds is 4. The maximum Gasteiger partial charge on any atom is 0.339 e. The highest BCUT2D eigenvalue weighted by Gasteiger charge is 2.19. The highest BCUT2D eigenvalue weighted by Crippen LogP contribution is 2.28. The molecule has 0 heterocycles. The van der Waals surface area contributed by atoms with E-state index in [-0.39, 0.29) is 15.5 Å². The van der Waals surface area contributed by atoms with Gasteiger partial charge in [-0.05, 0) is 66.8 Å². The zero-order chi connectivity index (χ0) is 16.7. The molecule has 23 heavy (non-hydrogen) atoms. The van der Waals surface area contributed by atoms with Crippen LogP contribution in [0, 0.1) is 0 Å². The topological polar surface area (TPSA) is 77.5 Å². The molecule has 0 unspecified atom stereocenters. The minimum Gasteiger partial charge on any atom is -0.379 e. The van der Waals surface area contributed by atoms with Crippen LogP contribution < -0.4 is 4.18 Å². The standard InChI is InChI=1S/C16H16O5S2/c1-22(17,18)15-7-9-16(10-8-15)23(19,20)21-14-6-5-12-3-2-4-13(12)11-14/h5-11H,2-4H2,1H3. The van der Waals surface area contributed by atoms with Crippen molar-refractivity contribution in [3.05, 3.63) is 53.6 Å². The summed E-state index contributed by atoms with van der Waals surface area (Å²) in [5.41, 5.74) is 2.34. The van der Waals surface area contributed by atoms with Crippen molar-refractivity contribution in [2.75, 3.05) is 6.26 Å². The normalized spacial score (nSPS) is 14.5. The fourth-order valence-electron chi connectivity index (χ4n) is 2.63. The Balaban J connectivity index is 1.87. The van der Waals surface area contributed by atoms with E-state index in [0.717, 1.165) is 31.1 Å². The minimum absolute atomic E-state index is 0.0639. The van der Waals surface area contributed by atoms with Gasteiger partial charge in [0.1, 0.15) is 10.6 Å². The molecule has 0 amide bonds. The third kappa shape index (κ3) is 3.40. The Bertz CT molecular complexity index is 942. The van der Waals surface area contributed by atoms with Gasteiger partial charge in [-0.3, -0.25) is 0 Å². The van der Waals surface area contributed by atoms with Crippen LogP contribution in [0.25, 0.3) is 0 Å². The number of benzene rings is 2. The lowest BCUT2D eigenvalue weighted by Gasteiger charge is -2.09. The second kappa shape index (κ2) is 5.65. The molecule has 0 aromatic heterocycles. The molecule has 0 N–H and O–H groups in total. The summed E-state index contributed by atoms with van der Waals surface area (Å²) in [6.07, 6.45) is 4.07. The summed E-state index contributed by atoms with van der Waals surface area (Å²) in [6, 6.07) is 10.3. The zero-order valence-electron chi connectivity index (χ0n) is 12.5. The van der Waals surface area contributed by atoms with Crippen LogP contribution in [0.2, 0.25) is 0 Å². The van der Waals surface area contributed by atoms with E-state index in [1.165, 1.54) is 29.8 Å². The van der Waals surface area contributed by atoms with Gasteiger partial charge < -0.3 is 4.18 Å². The Labute approximate surface area is 136 Å². The molecular weight excluding hydrogens is 336 g/mol. The molecule has 122 valence electrons. The van der Waals surface area contributed by atoms with Crippen LogP contribution in [0.4, 0.5) is 0 Å². The first-order valence-electron chi connectivity index (χ1n) is 7.12. The number of fused-ring (bicyclic) bond motifs is 1. The number of hydrogen-bond acceptors (Lipinski definition) is 5. The first-order chi connectivity index (χ1) is 10.8. The van der Waals surface area contributed by atoms with Gasteiger partial charge in [-0.2, -0.15) is 8.42 Å². The Morgan fingerprint density at radius 2 is 1.43 bits per heavy atom. The molecule has 0 spiro atoms. The largest absolute Gasteiger partial charge is 0.379 e. The minimum atomic E-state index is -3.99. The van der Waals surface area contributed by atoms with Crippen LogP contribution in [-0.4, -0.2) is 23.1 Å². The van der Waals surface area contributed by atoms with Crippen LogP contribution >= 0.6 is 0 Å². The molecule has 0 atom stereocenters. The average Bonchev–Trinajstić information content (AvgIpc) is 2.93. The van der Waals surface area contributed by atoms with Gasteiger partial charge in [0.25, 0.3) is 0 Å². The van der Waals surface area contributed by atoms with E-state index >= 15 is 0 Å². The Morgan fingerprint density at radius 1 is 0.826 bits per heavy atom. The molecule has 5 nitrogen and oxygen atoms in total. The second-order valence-corrected chi connectivity index (χ2v) is 9.13. The summed E-state index contributed by atoms with van der Waals surface area (Å²) in [6.45, 7) is 0. The molecule has 0 bridgehead atoms. The first-order valence-corrected chi connectivity index (χ1v) is 10.4. The summed E-state index contributed by atoms with van der Waals surface area (Å²) in [5, 5.41) is 0. The zero-order valence-corrected chi connectivity index (χ0v) is 14.2. The van der Waals surface area contributed by atoms with Gasteiger partial charge in [-0.15, -0.1) is 0 Å². The highest BCUT2D eigenvalue weighted by atomic mass is 32.2. The number of hydrogen-bond donors (Lipinski definition) is 0. The second-order valence-electron chi connectivity index (χ2n) is 5.57. The lowest BCUT2D eigenvalue weighted by Crippen LogP contribution is -2.10. The molecule has 7 heteroatoms. The van der Waals surface area contributed by atoms with Gasteiger partial charge in [0.05, 0.1) is 4.90 Å². The van der Waals surface area contributed by atoms with Crippen molar-refractivity contribution < 1.29 is 21.0 Å². The van der Waals surface area contributed by atoms with E-state index in [2.05, 4.69) is 0 Å². The van der Waals surface area contributed by atoms with Crippen molar-refractivity contribution in [2.45, 2.75) is 29.1 Å².